The van der Waals surface area contributed by atoms with Gasteiger partial charge in [-0.1, -0.05) is 43.1 Å². The summed E-state index contributed by atoms with van der Waals surface area (Å²) < 4.78 is 31.8. The van der Waals surface area contributed by atoms with Crippen LogP contribution in [0.3, 0.4) is 0 Å². The Morgan fingerprint density at radius 3 is 2.44 bits per heavy atom. The molecule has 0 bridgehead atoms. The standard InChI is InChI=1S/C22H32ClN3O5S/c1-3-16-32(29,30)26-11-7-6-10-19(26)21(27)25-14-12-24(13-15-25)20(22(28)31-2)17-8-4-5-9-18(17)23/h4-5,8-9,19-20H,3,6-7,10-16H2,1-2H3. The highest BCUT2D eigenvalue weighted by Gasteiger charge is 2.40. The third-order valence-electron chi connectivity index (χ3n) is 6.17. The Morgan fingerprint density at radius 2 is 1.81 bits per heavy atom. The van der Waals surface area contributed by atoms with Gasteiger partial charge in [-0.3, -0.25) is 9.69 Å². The minimum Gasteiger partial charge on any atom is -0.468 e. The second kappa shape index (κ2) is 11.0. The fraction of sp³-hybridized carbons (Fsp3) is 0.636. The second-order valence-corrected chi connectivity index (χ2v) is 10.7. The van der Waals surface area contributed by atoms with E-state index in [-0.39, 0.29) is 11.7 Å². The first-order valence-electron chi connectivity index (χ1n) is 11.1. The number of halogens is 1. The van der Waals surface area contributed by atoms with Crippen molar-refractivity contribution in [2.45, 2.75) is 44.7 Å². The van der Waals surface area contributed by atoms with E-state index in [1.165, 1.54) is 11.4 Å². The molecular formula is C22H32ClN3O5S. The van der Waals surface area contributed by atoms with Crippen LogP contribution in [-0.2, 0) is 24.3 Å². The molecule has 0 saturated carbocycles. The summed E-state index contributed by atoms with van der Waals surface area (Å²) in [4.78, 5) is 29.5. The Morgan fingerprint density at radius 1 is 1.12 bits per heavy atom. The molecule has 2 saturated heterocycles. The number of sulfonamides is 1. The molecule has 32 heavy (non-hydrogen) atoms. The zero-order valence-electron chi connectivity index (χ0n) is 18.7. The maximum atomic E-state index is 13.3. The zero-order chi connectivity index (χ0) is 23.3. The van der Waals surface area contributed by atoms with Crippen LogP contribution in [0, 0.1) is 0 Å². The summed E-state index contributed by atoms with van der Waals surface area (Å²) >= 11 is 6.34. The van der Waals surface area contributed by atoms with Gasteiger partial charge in [-0.25, -0.2) is 13.2 Å². The molecule has 10 heteroatoms. The number of nitrogens with zero attached hydrogens (tertiary/aromatic N) is 3. The van der Waals surface area contributed by atoms with Crippen LogP contribution >= 0.6 is 11.6 Å². The summed E-state index contributed by atoms with van der Waals surface area (Å²) in [6.45, 7) is 3.98. The van der Waals surface area contributed by atoms with Crippen molar-refractivity contribution >= 4 is 33.5 Å². The van der Waals surface area contributed by atoms with Crippen molar-refractivity contribution in [2.75, 3.05) is 45.6 Å². The number of ether oxygens (including phenoxy) is 1. The SMILES string of the molecule is CCCS(=O)(=O)N1CCCCC1C(=O)N1CCN(C(C(=O)OC)c2ccccc2Cl)CC1. The number of piperidine rings is 1. The fourth-order valence-electron chi connectivity index (χ4n) is 4.55. The summed E-state index contributed by atoms with van der Waals surface area (Å²) in [7, 11) is -2.10. The smallest absolute Gasteiger partial charge is 0.327 e. The summed E-state index contributed by atoms with van der Waals surface area (Å²) in [5.74, 6) is -0.484. The monoisotopic (exact) mass is 485 g/mol. The second-order valence-electron chi connectivity index (χ2n) is 8.25. The molecule has 3 rings (SSSR count). The maximum absolute atomic E-state index is 13.3. The number of hydrogen-bond donors (Lipinski definition) is 0. The molecule has 0 aliphatic carbocycles. The van der Waals surface area contributed by atoms with Crippen LogP contribution in [0.25, 0.3) is 0 Å². The van der Waals surface area contributed by atoms with Crippen molar-refractivity contribution in [1.82, 2.24) is 14.1 Å². The molecule has 0 spiro atoms. The fourth-order valence-corrected chi connectivity index (χ4v) is 6.53. The Hall–Kier alpha value is -1.68. The minimum atomic E-state index is -3.45. The quantitative estimate of drug-likeness (QED) is 0.551. The van der Waals surface area contributed by atoms with Crippen LogP contribution in [0.2, 0.25) is 5.02 Å². The van der Waals surface area contributed by atoms with E-state index in [9.17, 15) is 18.0 Å². The van der Waals surface area contributed by atoms with Crippen molar-refractivity contribution in [3.05, 3.63) is 34.9 Å². The normalized spacial score (nSPS) is 21.8. The lowest BCUT2D eigenvalue weighted by Gasteiger charge is -2.41. The van der Waals surface area contributed by atoms with Gasteiger partial charge in [0.1, 0.15) is 12.1 Å². The third-order valence-corrected chi connectivity index (χ3v) is 8.59. The third kappa shape index (κ3) is 5.44. The predicted molar refractivity (Wildman–Crippen MR) is 123 cm³/mol. The van der Waals surface area contributed by atoms with Crippen LogP contribution in [0.1, 0.15) is 44.2 Å². The number of benzene rings is 1. The molecule has 8 nitrogen and oxygen atoms in total. The van der Waals surface area contributed by atoms with Crippen LogP contribution in [-0.4, -0.2) is 86.0 Å². The summed E-state index contributed by atoms with van der Waals surface area (Å²) in [5, 5.41) is 0.486. The van der Waals surface area contributed by atoms with Gasteiger partial charge in [0.25, 0.3) is 0 Å². The van der Waals surface area contributed by atoms with Crippen LogP contribution < -0.4 is 0 Å². The summed E-state index contributed by atoms with van der Waals surface area (Å²) in [5.41, 5.74) is 0.671. The van der Waals surface area contributed by atoms with Gasteiger partial charge in [-0.05, 0) is 30.9 Å². The van der Waals surface area contributed by atoms with Crippen LogP contribution in [0.5, 0.6) is 0 Å². The Kier molecular flexibility index (Phi) is 8.55. The van der Waals surface area contributed by atoms with Gasteiger partial charge in [0.2, 0.25) is 15.9 Å². The minimum absolute atomic E-state index is 0.0587. The first kappa shape index (κ1) is 25.0. The molecule has 0 aromatic heterocycles. The van der Waals surface area contributed by atoms with E-state index in [0.29, 0.717) is 56.2 Å². The molecule has 2 fully saturated rings. The molecule has 2 atom stereocenters. The Balaban J connectivity index is 1.71. The highest BCUT2D eigenvalue weighted by molar-refractivity contribution is 7.89. The van der Waals surface area contributed by atoms with E-state index in [1.807, 2.05) is 17.9 Å². The zero-order valence-corrected chi connectivity index (χ0v) is 20.3. The maximum Gasteiger partial charge on any atom is 0.327 e. The van der Waals surface area contributed by atoms with Gasteiger partial charge < -0.3 is 9.64 Å². The van der Waals surface area contributed by atoms with E-state index >= 15 is 0 Å². The molecule has 178 valence electrons. The number of amides is 1. The molecule has 2 heterocycles. The number of esters is 1. The van der Waals surface area contributed by atoms with E-state index < -0.39 is 28.1 Å². The van der Waals surface area contributed by atoms with E-state index in [2.05, 4.69) is 0 Å². The summed E-state index contributed by atoms with van der Waals surface area (Å²) in [6.07, 6.45) is 2.69. The molecular weight excluding hydrogens is 454 g/mol. The molecule has 1 amide bonds. The molecule has 2 aliphatic heterocycles. The van der Waals surface area contributed by atoms with Gasteiger partial charge in [0, 0.05) is 37.7 Å². The lowest BCUT2D eigenvalue weighted by Crippen LogP contribution is -2.58. The van der Waals surface area contributed by atoms with Crippen molar-refractivity contribution in [3.8, 4) is 0 Å². The van der Waals surface area contributed by atoms with E-state index in [1.54, 1.807) is 23.1 Å². The number of carbonyl (C=O) groups is 2. The Labute approximate surface area is 195 Å². The lowest BCUT2D eigenvalue weighted by atomic mass is 10.0. The first-order chi connectivity index (χ1) is 15.3. The van der Waals surface area contributed by atoms with E-state index in [4.69, 9.17) is 16.3 Å². The van der Waals surface area contributed by atoms with Crippen molar-refractivity contribution in [1.29, 1.82) is 0 Å². The highest BCUT2D eigenvalue weighted by Crippen LogP contribution is 2.30. The van der Waals surface area contributed by atoms with Gasteiger partial charge in [0.05, 0.1) is 12.9 Å². The van der Waals surface area contributed by atoms with Crippen molar-refractivity contribution in [2.24, 2.45) is 0 Å². The molecule has 0 N–H and O–H groups in total. The van der Waals surface area contributed by atoms with Crippen LogP contribution in [0.15, 0.2) is 24.3 Å². The molecule has 0 radical (unpaired) electrons. The number of methoxy groups -OCH3 is 1. The van der Waals surface area contributed by atoms with Gasteiger partial charge in [-0.15, -0.1) is 0 Å². The van der Waals surface area contributed by atoms with Gasteiger partial charge in [0.15, 0.2) is 0 Å². The van der Waals surface area contributed by atoms with Gasteiger partial charge >= 0.3 is 5.97 Å². The predicted octanol–water partition coefficient (Wildman–Crippen LogP) is 2.29. The average molecular weight is 486 g/mol. The lowest BCUT2D eigenvalue weighted by molar-refractivity contribution is -0.149. The topological polar surface area (TPSA) is 87.2 Å². The molecule has 2 aliphatic rings. The number of hydrogen-bond acceptors (Lipinski definition) is 6. The largest absolute Gasteiger partial charge is 0.468 e. The molecule has 1 aromatic rings. The number of rotatable bonds is 7. The van der Waals surface area contributed by atoms with Crippen molar-refractivity contribution in [3.63, 3.8) is 0 Å². The first-order valence-corrected chi connectivity index (χ1v) is 13.1. The van der Waals surface area contributed by atoms with Gasteiger partial charge in [-0.2, -0.15) is 4.31 Å². The summed E-state index contributed by atoms with van der Waals surface area (Å²) in [6, 6.07) is 5.89. The molecule has 2 unspecified atom stereocenters. The Bertz CT molecular complexity index is 918. The molecule has 1 aromatic carbocycles. The number of carbonyl (C=O) groups excluding carboxylic acids is 2. The van der Waals surface area contributed by atoms with E-state index in [0.717, 1.165) is 12.8 Å². The highest BCUT2D eigenvalue weighted by atomic mass is 35.5. The average Bonchev–Trinajstić information content (AvgIpc) is 2.80. The van der Waals surface area contributed by atoms with Crippen molar-refractivity contribution < 1.29 is 22.7 Å². The number of piperazine rings is 1. The van der Waals surface area contributed by atoms with Crippen LogP contribution in [0.4, 0.5) is 0 Å².